The number of urea groups is 1. The Labute approximate surface area is 111 Å². The van der Waals surface area contributed by atoms with Gasteiger partial charge in [0.25, 0.3) is 0 Å². The molecule has 106 valence electrons. The fourth-order valence-corrected chi connectivity index (χ4v) is 2.66. The van der Waals surface area contributed by atoms with Crippen molar-refractivity contribution in [2.45, 2.75) is 58.4 Å². The lowest BCUT2D eigenvalue weighted by atomic mass is 9.80. The van der Waals surface area contributed by atoms with Crippen LogP contribution in [0.4, 0.5) is 4.79 Å². The van der Waals surface area contributed by atoms with E-state index < -0.39 is 0 Å². The third kappa shape index (κ3) is 5.71. The molecule has 3 N–H and O–H groups in total. The SMILES string of the molecule is CC(CCCO)NC(=O)NCC1CCCCC1C. The zero-order valence-electron chi connectivity index (χ0n) is 11.7. The molecule has 4 heteroatoms. The van der Waals surface area contributed by atoms with Crippen molar-refractivity contribution in [3.63, 3.8) is 0 Å². The van der Waals surface area contributed by atoms with Crippen LogP contribution in [0, 0.1) is 11.8 Å². The first-order valence-electron chi connectivity index (χ1n) is 7.28. The van der Waals surface area contributed by atoms with E-state index >= 15 is 0 Å². The van der Waals surface area contributed by atoms with E-state index in [0.717, 1.165) is 25.3 Å². The second-order valence-electron chi connectivity index (χ2n) is 5.64. The van der Waals surface area contributed by atoms with Crippen molar-refractivity contribution in [1.82, 2.24) is 10.6 Å². The normalized spacial score (nSPS) is 25.5. The van der Waals surface area contributed by atoms with Gasteiger partial charge in [-0.25, -0.2) is 4.79 Å². The van der Waals surface area contributed by atoms with Crippen molar-refractivity contribution < 1.29 is 9.90 Å². The highest BCUT2D eigenvalue weighted by Crippen LogP contribution is 2.28. The molecule has 1 rings (SSSR count). The molecule has 0 saturated heterocycles. The molecule has 18 heavy (non-hydrogen) atoms. The molecule has 3 atom stereocenters. The summed E-state index contributed by atoms with van der Waals surface area (Å²) in [6, 6.07) is 0.0548. The summed E-state index contributed by atoms with van der Waals surface area (Å²) in [4.78, 5) is 11.7. The predicted octanol–water partition coefficient (Wildman–Crippen LogP) is 2.27. The molecule has 0 heterocycles. The number of hydrogen-bond donors (Lipinski definition) is 3. The van der Waals surface area contributed by atoms with Crippen molar-refractivity contribution in [2.24, 2.45) is 11.8 Å². The quantitative estimate of drug-likeness (QED) is 0.682. The van der Waals surface area contributed by atoms with Gasteiger partial charge in [0.05, 0.1) is 0 Å². The van der Waals surface area contributed by atoms with Crippen LogP contribution in [0.5, 0.6) is 0 Å². The number of hydrogen-bond acceptors (Lipinski definition) is 2. The number of nitrogens with one attached hydrogen (secondary N) is 2. The Morgan fingerprint density at radius 1 is 1.39 bits per heavy atom. The monoisotopic (exact) mass is 256 g/mol. The van der Waals surface area contributed by atoms with E-state index in [4.69, 9.17) is 5.11 Å². The fraction of sp³-hybridized carbons (Fsp3) is 0.929. The molecule has 1 fully saturated rings. The molecule has 1 saturated carbocycles. The van der Waals surface area contributed by atoms with Crippen LogP contribution in [0.2, 0.25) is 0 Å². The van der Waals surface area contributed by atoms with Crippen LogP contribution in [-0.2, 0) is 0 Å². The van der Waals surface area contributed by atoms with Gasteiger partial charge in [-0.05, 0) is 38.0 Å². The minimum Gasteiger partial charge on any atom is -0.396 e. The van der Waals surface area contributed by atoms with Crippen LogP contribution in [0.3, 0.4) is 0 Å². The summed E-state index contributed by atoms with van der Waals surface area (Å²) in [5.41, 5.74) is 0. The van der Waals surface area contributed by atoms with Gasteiger partial charge < -0.3 is 15.7 Å². The highest BCUT2D eigenvalue weighted by atomic mass is 16.3. The maximum Gasteiger partial charge on any atom is 0.315 e. The number of amides is 2. The lowest BCUT2D eigenvalue weighted by Crippen LogP contribution is -2.43. The Kier molecular flexibility index (Phi) is 7.09. The second kappa shape index (κ2) is 8.35. The summed E-state index contributed by atoms with van der Waals surface area (Å²) in [6.45, 7) is 5.23. The van der Waals surface area contributed by atoms with Gasteiger partial charge >= 0.3 is 6.03 Å². The van der Waals surface area contributed by atoms with Crippen molar-refractivity contribution in [3.8, 4) is 0 Å². The first kappa shape index (κ1) is 15.3. The fourth-order valence-electron chi connectivity index (χ4n) is 2.66. The first-order valence-corrected chi connectivity index (χ1v) is 7.28. The van der Waals surface area contributed by atoms with Gasteiger partial charge in [0.2, 0.25) is 0 Å². The average Bonchev–Trinajstić information content (AvgIpc) is 2.35. The van der Waals surface area contributed by atoms with Crippen LogP contribution >= 0.6 is 0 Å². The minimum atomic E-state index is -0.0711. The molecule has 2 amide bonds. The maximum atomic E-state index is 11.7. The molecular weight excluding hydrogens is 228 g/mol. The zero-order valence-corrected chi connectivity index (χ0v) is 11.7. The Bertz CT molecular complexity index is 246. The molecule has 1 aliphatic rings. The van der Waals surface area contributed by atoms with Gasteiger partial charge in [0, 0.05) is 19.2 Å². The summed E-state index contributed by atoms with van der Waals surface area (Å²) < 4.78 is 0. The van der Waals surface area contributed by atoms with Crippen molar-refractivity contribution in [1.29, 1.82) is 0 Å². The third-order valence-corrected chi connectivity index (χ3v) is 3.99. The lowest BCUT2D eigenvalue weighted by Gasteiger charge is -2.29. The van der Waals surface area contributed by atoms with E-state index in [-0.39, 0.29) is 18.7 Å². The van der Waals surface area contributed by atoms with E-state index in [2.05, 4.69) is 17.6 Å². The van der Waals surface area contributed by atoms with Crippen molar-refractivity contribution in [2.75, 3.05) is 13.2 Å². The van der Waals surface area contributed by atoms with E-state index in [1.807, 2.05) is 6.92 Å². The molecule has 0 bridgehead atoms. The lowest BCUT2D eigenvalue weighted by molar-refractivity contribution is 0.219. The molecule has 0 spiro atoms. The largest absolute Gasteiger partial charge is 0.396 e. The van der Waals surface area contributed by atoms with E-state index in [0.29, 0.717) is 5.92 Å². The molecule has 0 aromatic carbocycles. The maximum absolute atomic E-state index is 11.7. The number of carbonyl (C=O) groups excluding carboxylic acids is 1. The third-order valence-electron chi connectivity index (χ3n) is 3.99. The zero-order chi connectivity index (χ0) is 13.4. The average molecular weight is 256 g/mol. The summed E-state index contributed by atoms with van der Waals surface area (Å²) >= 11 is 0. The van der Waals surface area contributed by atoms with E-state index in [9.17, 15) is 4.79 Å². The van der Waals surface area contributed by atoms with Gasteiger partial charge in [-0.1, -0.05) is 26.2 Å². The van der Waals surface area contributed by atoms with Crippen LogP contribution < -0.4 is 10.6 Å². The molecule has 0 radical (unpaired) electrons. The number of rotatable bonds is 6. The number of aliphatic hydroxyl groups excluding tert-OH is 1. The molecule has 4 nitrogen and oxygen atoms in total. The van der Waals surface area contributed by atoms with Crippen molar-refractivity contribution >= 4 is 6.03 Å². The number of aliphatic hydroxyl groups is 1. The molecule has 3 unspecified atom stereocenters. The number of carbonyl (C=O) groups is 1. The van der Waals surface area contributed by atoms with E-state index in [1.54, 1.807) is 0 Å². The summed E-state index contributed by atoms with van der Waals surface area (Å²) in [6.07, 6.45) is 6.72. The molecular formula is C14H28N2O2. The van der Waals surface area contributed by atoms with Gasteiger partial charge in [0.15, 0.2) is 0 Å². The Hall–Kier alpha value is -0.770. The Balaban J connectivity index is 2.15. The van der Waals surface area contributed by atoms with Gasteiger partial charge in [0.1, 0.15) is 0 Å². The molecule has 1 aliphatic carbocycles. The van der Waals surface area contributed by atoms with Crippen molar-refractivity contribution in [3.05, 3.63) is 0 Å². The highest BCUT2D eigenvalue weighted by molar-refractivity contribution is 5.74. The Morgan fingerprint density at radius 3 is 2.78 bits per heavy atom. The van der Waals surface area contributed by atoms with Gasteiger partial charge in [-0.2, -0.15) is 0 Å². The van der Waals surface area contributed by atoms with Crippen LogP contribution in [0.1, 0.15) is 52.4 Å². The topological polar surface area (TPSA) is 61.4 Å². The van der Waals surface area contributed by atoms with Crippen LogP contribution in [-0.4, -0.2) is 30.3 Å². The predicted molar refractivity (Wildman–Crippen MR) is 73.4 cm³/mol. The minimum absolute atomic E-state index is 0.0711. The molecule has 0 aromatic rings. The Morgan fingerprint density at radius 2 is 2.11 bits per heavy atom. The molecule has 0 aliphatic heterocycles. The summed E-state index contributed by atoms with van der Waals surface area (Å²) in [5.74, 6) is 1.36. The molecule has 0 aromatic heterocycles. The van der Waals surface area contributed by atoms with Gasteiger partial charge in [-0.15, -0.1) is 0 Å². The van der Waals surface area contributed by atoms with E-state index in [1.165, 1.54) is 25.7 Å². The van der Waals surface area contributed by atoms with Gasteiger partial charge in [-0.3, -0.25) is 0 Å². The van der Waals surface area contributed by atoms with Crippen LogP contribution in [0.15, 0.2) is 0 Å². The highest BCUT2D eigenvalue weighted by Gasteiger charge is 2.21. The second-order valence-corrected chi connectivity index (χ2v) is 5.64. The smallest absolute Gasteiger partial charge is 0.315 e. The first-order chi connectivity index (χ1) is 8.63. The summed E-state index contributed by atoms with van der Waals surface area (Å²) in [5, 5.41) is 14.6. The van der Waals surface area contributed by atoms with Crippen LogP contribution in [0.25, 0.3) is 0 Å². The standard InChI is InChI=1S/C14H28N2O2/c1-11-6-3-4-8-13(11)10-15-14(18)16-12(2)7-5-9-17/h11-13,17H,3-10H2,1-2H3,(H2,15,16,18). The summed E-state index contributed by atoms with van der Waals surface area (Å²) in [7, 11) is 0.